The Morgan fingerprint density at radius 1 is 1.21 bits per heavy atom. The number of anilines is 1. The Kier molecular flexibility index (Phi) is 6.08. The second-order valence-corrected chi connectivity index (χ2v) is 8.49. The van der Waals surface area contributed by atoms with E-state index in [9.17, 15) is 13.2 Å². The van der Waals surface area contributed by atoms with Crippen molar-refractivity contribution >= 4 is 21.6 Å². The molecule has 3 rings (SSSR count). The fourth-order valence-electron chi connectivity index (χ4n) is 2.97. The second-order valence-electron chi connectivity index (χ2n) is 6.30. The molecular formula is C20H24N2O5S. The van der Waals surface area contributed by atoms with Gasteiger partial charge in [0.1, 0.15) is 11.5 Å². The topological polar surface area (TPSA) is 84.9 Å². The van der Waals surface area contributed by atoms with Gasteiger partial charge in [0.25, 0.3) is 5.91 Å². The lowest BCUT2D eigenvalue weighted by Crippen LogP contribution is -2.50. The molecule has 150 valence electrons. The third-order valence-electron chi connectivity index (χ3n) is 4.40. The van der Waals surface area contributed by atoms with Gasteiger partial charge in [-0.2, -0.15) is 0 Å². The van der Waals surface area contributed by atoms with Gasteiger partial charge in [-0.3, -0.25) is 9.10 Å². The van der Waals surface area contributed by atoms with Crippen molar-refractivity contribution in [1.82, 2.24) is 5.32 Å². The van der Waals surface area contributed by atoms with Crippen LogP contribution in [0.2, 0.25) is 0 Å². The average molecular weight is 404 g/mol. The highest BCUT2D eigenvalue weighted by molar-refractivity contribution is 7.92. The van der Waals surface area contributed by atoms with E-state index in [4.69, 9.17) is 9.47 Å². The van der Waals surface area contributed by atoms with Gasteiger partial charge in [0.05, 0.1) is 24.6 Å². The standard InChI is InChI=1S/C20H24N2O5S/c1-3-26-16-9-7-8-15(12-16)13-21-20(23)19-14-22(28(24,25)4-2)17-10-5-6-11-18(17)27-19/h5-12,19H,3-4,13-14H2,1-2H3,(H,21,23). The Labute approximate surface area is 165 Å². The summed E-state index contributed by atoms with van der Waals surface area (Å²) in [6.45, 7) is 4.28. The number of hydrogen-bond acceptors (Lipinski definition) is 5. The second kappa shape index (κ2) is 8.52. The van der Waals surface area contributed by atoms with E-state index in [0.717, 1.165) is 11.3 Å². The van der Waals surface area contributed by atoms with Crippen molar-refractivity contribution in [2.75, 3.05) is 23.2 Å². The minimum Gasteiger partial charge on any atom is -0.494 e. The first kappa shape index (κ1) is 20.0. The molecule has 0 aromatic heterocycles. The maximum Gasteiger partial charge on any atom is 0.263 e. The van der Waals surface area contributed by atoms with Crippen LogP contribution in [0.1, 0.15) is 19.4 Å². The number of ether oxygens (including phenoxy) is 2. The maximum absolute atomic E-state index is 12.7. The first-order chi connectivity index (χ1) is 13.4. The molecule has 1 N–H and O–H groups in total. The molecule has 1 amide bonds. The predicted molar refractivity (Wildman–Crippen MR) is 107 cm³/mol. The van der Waals surface area contributed by atoms with Crippen LogP contribution in [-0.2, 0) is 21.4 Å². The molecule has 8 heteroatoms. The molecule has 0 aliphatic carbocycles. The highest BCUT2D eigenvalue weighted by atomic mass is 32.2. The van der Waals surface area contributed by atoms with Crippen LogP contribution >= 0.6 is 0 Å². The fraction of sp³-hybridized carbons (Fsp3) is 0.350. The van der Waals surface area contributed by atoms with Crippen LogP contribution < -0.4 is 19.1 Å². The molecule has 28 heavy (non-hydrogen) atoms. The van der Waals surface area contributed by atoms with Gasteiger partial charge in [0.15, 0.2) is 6.10 Å². The van der Waals surface area contributed by atoms with Crippen molar-refractivity contribution in [2.24, 2.45) is 0 Å². The summed E-state index contributed by atoms with van der Waals surface area (Å²) >= 11 is 0. The summed E-state index contributed by atoms with van der Waals surface area (Å²) in [5, 5.41) is 2.82. The van der Waals surface area contributed by atoms with Crippen LogP contribution in [0.3, 0.4) is 0 Å². The molecule has 7 nitrogen and oxygen atoms in total. The van der Waals surface area contributed by atoms with Crippen molar-refractivity contribution in [2.45, 2.75) is 26.5 Å². The zero-order chi connectivity index (χ0) is 20.1. The predicted octanol–water partition coefficient (Wildman–Crippen LogP) is 2.32. The Hall–Kier alpha value is -2.74. The van der Waals surface area contributed by atoms with E-state index in [1.54, 1.807) is 31.2 Å². The Morgan fingerprint density at radius 2 is 2.00 bits per heavy atom. The summed E-state index contributed by atoms with van der Waals surface area (Å²) in [4.78, 5) is 12.7. The Balaban J connectivity index is 1.73. The molecule has 0 saturated carbocycles. The smallest absolute Gasteiger partial charge is 0.263 e. The van der Waals surface area contributed by atoms with Gasteiger partial charge in [-0.05, 0) is 43.7 Å². The monoisotopic (exact) mass is 404 g/mol. The van der Waals surface area contributed by atoms with E-state index in [0.29, 0.717) is 24.6 Å². The third kappa shape index (κ3) is 4.39. The molecule has 0 fully saturated rings. The number of hydrogen-bond donors (Lipinski definition) is 1. The summed E-state index contributed by atoms with van der Waals surface area (Å²) in [5.41, 5.74) is 1.34. The molecule has 1 aliphatic heterocycles. The number of nitrogens with one attached hydrogen (secondary N) is 1. The van der Waals surface area contributed by atoms with Gasteiger partial charge >= 0.3 is 0 Å². The van der Waals surface area contributed by atoms with Crippen LogP contribution in [-0.4, -0.2) is 39.3 Å². The molecule has 1 atom stereocenters. The number of nitrogens with zero attached hydrogens (tertiary/aromatic N) is 1. The lowest BCUT2D eigenvalue weighted by atomic mass is 10.2. The third-order valence-corrected chi connectivity index (χ3v) is 6.15. The number of sulfonamides is 1. The molecular weight excluding hydrogens is 380 g/mol. The average Bonchev–Trinajstić information content (AvgIpc) is 2.71. The summed E-state index contributed by atoms with van der Waals surface area (Å²) in [7, 11) is -3.52. The Morgan fingerprint density at radius 3 is 2.75 bits per heavy atom. The molecule has 1 unspecified atom stereocenters. The van der Waals surface area contributed by atoms with Gasteiger partial charge in [-0.1, -0.05) is 24.3 Å². The number of benzene rings is 2. The molecule has 0 saturated heterocycles. The van der Waals surface area contributed by atoms with E-state index in [2.05, 4.69) is 5.32 Å². The van der Waals surface area contributed by atoms with E-state index in [1.165, 1.54) is 4.31 Å². The number of amides is 1. The van der Waals surface area contributed by atoms with Crippen molar-refractivity contribution in [1.29, 1.82) is 0 Å². The van der Waals surface area contributed by atoms with Crippen LogP contribution in [0.25, 0.3) is 0 Å². The molecule has 2 aromatic carbocycles. The van der Waals surface area contributed by atoms with Crippen molar-refractivity contribution in [3.8, 4) is 11.5 Å². The molecule has 0 spiro atoms. The fourth-order valence-corrected chi connectivity index (χ4v) is 4.10. The molecule has 0 bridgehead atoms. The zero-order valence-corrected chi connectivity index (χ0v) is 16.7. The van der Waals surface area contributed by atoms with Crippen molar-refractivity contribution in [3.63, 3.8) is 0 Å². The SMILES string of the molecule is CCOc1cccc(CNC(=O)C2CN(S(=O)(=O)CC)c3ccccc3O2)c1. The lowest BCUT2D eigenvalue weighted by molar-refractivity contribution is -0.127. The number of rotatable bonds is 7. The van der Waals surface area contributed by atoms with E-state index in [1.807, 2.05) is 31.2 Å². The highest BCUT2D eigenvalue weighted by Gasteiger charge is 2.35. The van der Waals surface area contributed by atoms with E-state index < -0.39 is 16.1 Å². The van der Waals surface area contributed by atoms with Crippen molar-refractivity contribution < 1.29 is 22.7 Å². The summed E-state index contributed by atoms with van der Waals surface area (Å²) in [6, 6.07) is 14.3. The van der Waals surface area contributed by atoms with Crippen LogP contribution in [0, 0.1) is 0 Å². The van der Waals surface area contributed by atoms with Crippen LogP contribution in [0.15, 0.2) is 48.5 Å². The first-order valence-corrected chi connectivity index (χ1v) is 10.8. The zero-order valence-electron chi connectivity index (χ0n) is 15.9. The number of carbonyl (C=O) groups is 1. The summed E-state index contributed by atoms with van der Waals surface area (Å²) < 4.78 is 37.5. The minimum atomic E-state index is -3.52. The van der Waals surface area contributed by atoms with Crippen LogP contribution in [0.4, 0.5) is 5.69 Å². The van der Waals surface area contributed by atoms with Gasteiger partial charge in [0, 0.05) is 6.54 Å². The van der Waals surface area contributed by atoms with Gasteiger partial charge in [-0.25, -0.2) is 8.42 Å². The normalized spacial score (nSPS) is 16.1. The highest BCUT2D eigenvalue weighted by Crippen LogP contribution is 2.35. The molecule has 2 aromatic rings. The van der Waals surface area contributed by atoms with Gasteiger partial charge in [-0.15, -0.1) is 0 Å². The molecule has 0 radical (unpaired) electrons. The van der Waals surface area contributed by atoms with Gasteiger partial charge in [0.2, 0.25) is 10.0 Å². The lowest BCUT2D eigenvalue weighted by Gasteiger charge is -2.34. The van der Waals surface area contributed by atoms with Crippen LogP contribution in [0.5, 0.6) is 11.5 Å². The Bertz CT molecular complexity index is 945. The molecule has 1 aliphatic rings. The largest absolute Gasteiger partial charge is 0.494 e. The number of fused-ring (bicyclic) bond motifs is 1. The minimum absolute atomic E-state index is 0.0557. The number of para-hydroxylation sites is 2. The summed E-state index contributed by atoms with van der Waals surface area (Å²) in [5.74, 6) is 0.689. The maximum atomic E-state index is 12.7. The number of carbonyl (C=O) groups excluding carboxylic acids is 1. The van der Waals surface area contributed by atoms with Crippen molar-refractivity contribution in [3.05, 3.63) is 54.1 Å². The van der Waals surface area contributed by atoms with Gasteiger partial charge < -0.3 is 14.8 Å². The molecule has 1 heterocycles. The summed E-state index contributed by atoms with van der Waals surface area (Å²) in [6.07, 6.45) is -0.925. The van der Waals surface area contributed by atoms with E-state index >= 15 is 0 Å². The van der Waals surface area contributed by atoms with E-state index in [-0.39, 0.29) is 18.2 Å². The quantitative estimate of drug-likeness (QED) is 0.766. The first-order valence-electron chi connectivity index (χ1n) is 9.20.